The molecule has 1 unspecified atom stereocenters. The molecule has 2 N–H and O–H groups in total. The van der Waals surface area contributed by atoms with Crippen LogP contribution in [0, 0.1) is 0 Å². The molecule has 5 nitrogen and oxygen atoms in total. The highest BCUT2D eigenvalue weighted by atomic mass is 16.5. The summed E-state index contributed by atoms with van der Waals surface area (Å²) in [5.74, 6) is -0.291. The zero-order valence-electron chi connectivity index (χ0n) is 10.8. The van der Waals surface area contributed by atoms with Gasteiger partial charge in [0.1, 0.15) is 6.10 Å². The third kappa shape index (κ3) is 4.18. The average Bonchev–Trinajstić information content (AvgIpc) is 2.37. The molecule has 0 aliphatic rings. The predicted molar refractivity (Wildman–Crippen MR) is 70.5 cm³/mol. The van der Waals surface area contributed by atoms with E-state index in [4.69, 9.17) is 4.74 Å². The Labute approximate surface area is 107 Å². The van der Waals surface area contributed by atoms with Crippen LogP contribution in [0.1, 0.15) is 20.3 Å². The van der Waals surface area contributed by atoms with Crippen molar-refractivity contribution in [2.45, 2.75) is 26.4 Å². The zero-order valence-corrected chi connectivity index (χ0v) is 10.8. The van der Waals surface area contributed by atoms with Gasteiger partial charge in [-0.05, 0) is 25.1 Å². The SMILES string of the molecule is CCC(=O)Nc1cccc(NC(=O)C(C)OC)c1. The zero-order chi connectivity index (χ0) is 13.5. The first-order valence-electron chi connectivity index (χ1n) is 5.80. The second-order valence-electron chi connectivity index (χ2n) is 3.85. The van der Waals surface area contributed by atoms with Crippen molar-refractivity contribution in [3.63, 3.8) is 0 Å². The topological polar surface area (TPSA) is 67.4 Å². The highest BCUT2D eigenvalue weighted by Crippen LogP contribution is 2.15. The van der Waals surface area contributed by atoms with Gasteiger partial charge in [-0.2, -0.15) is 0 Å². The molecule has 2 amide bonds. The molecular formula is C13H18N2O3. The molecule has 0 heterocycles. The predicted octanol–water partition coefficient (Wildman–Crippen LogP) is 2.01. The molecule has 0 bridgehead atoms. The van der Waals surface area contributed by atoms with Crippen molar-refractivity contribution in [3.05, 3.63) is 24.3 Å². The van der Waals surface area contributed by atoms with E-state index in [0.29, 0.717) is 17.8 Å². The second-order valence-corrected chi connectivity index (χ2v) is 3.85. The van der Waals surface area contributed by atoms with Crippen molar-refractivity contribution in [2.75, 3.05) is 17.7 Å². The molecule has 0 fully saturated rings. The summed E-state index contributed by atoms with van der Waals surface area (Å²) in [5, 5.41) is 5.44. The van der Waals surface area contributed by atoms with Crippen LogP contribution in [-0.2, 0) is 14.3 Å². The lowest BCUT2D eigenvalue weighted by molar-refractivity contribution is -0.124. The number of nitrogens with one attached hydrogen (secondary N) is 2. The summed E-state index contributed by atoms with van der Waals surface area (Å²) in [6.45, 7) is 3.44. The van der Waals surface area contributed by atoms with Gasteiger partial charge in [-0.15, -0.1) is 0 Å². The minimum Gasteiger partial charge on any atom is -0.372 e. The van der Waals surface area contributed by atoms with Crippen LogP contribution in [0.25, 0.3) is 0 Å². The van der Waals surface area contributed by atoms with E-state index in [9.17, 15) is 9.59 Å². The fraction of sp³-hybridized carbons (Fsp3) is 0.385. The van der Waals surface area contributed by atoms with E-state index >= 15 is 0 Å². The van der Waals surface area contributed by atoms with E-state index in [1.807, 2.05) is 0 Å². The molecule has 0 saturated carbocycles. The first kappa shape index (κ1) is 14.2. The van der Waals surface area contributed by atoms with Gasteiger partial charge in [-0.25, -0.2) is 0 Å². The summed E-state index contributed by atoms with van der Waals surface area (Å²) >= 11 is 0. The van der Waals surface area contributed by atoms with Gasteiger partial charge >= 0.3 is 0 Å². The number of rotatable bonds is 5. The first-order chi connectivity index (χ1) is 8.56. The number of hydrogen-bond acceptors (Lipinski definition) is 3. The van der Waals surface area contributed by atoms with E-state index < -0.39 is 6.10 Å². The molecule has 1 aromatic rings. The van der Waals surface area contributed by atoms with E-state index in [1.54, 1.807) is 38.1 Å². The van der Waals surface area contributed by atoms with Gasteiger partial charge in [0.05, 0.1) is 0 Å². The molecule has 0 aromatic heterocycles. The summed E-state index contributed by atoms with van der Waals surface area (Å²) < 4.78 is 4.91. The molecule has 1 atom stereocenters. The highest BCUT2D eigenvalue weighted by Gasteiger charge is 2.11. The second kappa shape index (κ2) is 6.76. The number of methoxy groups -OCH3 is 1. The van der Waals surface area contributed by atoms with E-state index in [-0.39, 0.29) is 11.8 Å². The van der Waals surface area contributed by atoms with E-state index in [2.05, 4.69) is 10.6 Å². The maximum absolute atomic E-state index is 11.6. The molecule has 1 aromatic carbocycles. The number of amides is 2. The van der Waals surface area contributed by atoms with Gasteiger partial charge in [-0.1, -0.05) is 13.0 Å². The molecule has 0 spiro atoms. The largest absolute Gasteiger partial charge is 0.372 e. The average molecular weight is 250 g/mol. The number of hydrogen-bond donors (Lipinski definition) is 2. The quantitative estimate of drug-likeness (QED) is 0.840. The van der Waals surface area contributed by atoms with Crippen molar-refractivity contribution in [3.8, 4) is 0 Å². The Hall–Kier alpha value is -1.88. The molecular weight excluding hydrogens is 232 g/mol. The molecule has 0 radical (unpaired) electrons. The van der Waals surface area contributed by atoms with Crippen LogP contribution in [0.15, 0.2) is 24.3 Å². The van der Waals surface area contributed by atoms with Crippen molar-refractivity contribution in [1.82, 2.24) is 0 Å². The van der Waals surface area contributed by atoms with Gasteiger partial charge in [0.2, 0.25) is 5.91 Å². The van der Waals surface area contributed by atoms with Crippen molar-refractivity contribution >= 4 is 23.2 Å². The van der Waals surface area contributed by atoms with E-state index in [1.165, 1.54) is 7.11 Å². The number of ether oxygens (including phenoxy) is 1. The van der Waals surface area contributed by atoms with Crippen LogP contribution in [0.3, 0.4) is 0 Å². The van der Waals surface area contributed by atoms with Crippen LogP contribution in [0.2, 0.25) is 0 Å². The van der Waals surface area contributed by atoms with Gasteiger partial charge < -0.3 is 15.4 Å². The first-order valence-corrected chi connectivity index (χ1v) is 5.80. The van der Waals surface area contributed by atoms with Crippen molar-refractivity contribution < 1.29 is 14.3 Å². The van der Waals surface area contributed by atoms with Crippen LogP contribution >= 0.6 is 0 Å². The summed E-state index contributed by atoms with van der Waals surface area (Å²) in [6.07, 6.45) is -0.101. The van der Waals surface area contributed by atoms with Crippen molar-refractivity contribution in [1.29, 1.82) is 0 Å². The van der Waals surface area contributed by atoms with E-state index in [0.717, 1.165) is 0 Å². The minimum atomic E-state index is -0.515. The summed E-state index contributed by atoms with van der Waals surface area (Å²) in [4.78, 5) is 22.9. The lowest BCUT2D eigenvalue weighted by atomic mass is 10.2. The third-order valence-corrected chi connectivity index (χ3v) is 2.46. The maximum atomic E-state index is 11.6. The Kier molecular flexibility index (Phi) is 5.32. The van der Waals surface area contributed by atoms with Gasteiger partial charge in [0.15, 0.2) is 0 Å². The fourth-order valence-electron chi connectivity index (χ4n) is 1.28. The van der Waals surface area contributed by atoms with Crippen LogP contribution in [0.5, 0.6) is 0 Å². The molecule has 98 valence electrons. The Balaban J connectivity index is 2.70. The molecule has 5 heteroatoms. The Morgan fingerprint density at radius 3 is 2.44 bits per heavy atom. The number of carbonyl (C=O) groups excluding carboxylic acids is 2. The monoisotopic (exact) mass is 250 g/mol. The smallest absolute Gasteiger partial charge is 0.253 e. The fourth-order valence-corrected chi connectivity index (χ4v) is 1.28. The van der Waals surface area contributed by atoms with Gasteiger partial charge in [0, 0.05) is 24.9 Å². The third-order valence-electron chi connectivity index (χ3n) is 2.46. The lowest BCUT2D eigenvalue weighted by Gasteiger charge is -2.11. The van der Waals surface area contributed by atoms with Gasteiger partial charge in [0.25, 0.3) is 5.91 Å². The molecule has 0 saturated heterocycles. The van der Waals surface area contributed by atoms with Crippen LogP contribution in [-0.4, -0.2) is 25.0 Å². The normalized spacial score (nSPS) is 11.7. The maximum Gasteiger partial charge on any atom is 0.253 e. The standard InChI is InChI=1S/C13H18N2O3/c1-4-12(16)14-10-6-5-7-11(8-10)15-13(17)9(2)18-3/h5-9H,4H2,1-3H3,(H,14,16)(H,15,17). The number of benzene rings is 1. The van der Waals surface area contributed by atoms with Crippen LogP contribution in [0.4, 0.5) is 11.4 Å². The Morgan fingerprint density at radius 1 is 1.28 bits per heavy atom. The summed E-state index contributed by atoms with van der Waals surface area (Å²) in [7, 11) is 1.47. The number of anilines is 2. The molecule has 0 aliphatic carbocycles. The summed E-state index contributed by atoms with van der Waals surface area (Å²) in [6, 6.07) is 6.98. The van der Waals surface area contributed by atoms with Gasteiger partial charge in [-0.3, -0.25) is 9.59 Å². The van der Waals surface area contributed by atoms with Crippen LogP contribution < -0.4 is 10.6 Å². The summed E-state index contributed by atoms with van der Waals surface area (Å²) in [5.41, 5.74) is 1.28. The van der Waals surface area contributed by atoms with Crippen molar-refractivity contribution in [2.24, 2.45) is 0 Å². The molecule has 0 aliphatic heterocycles. The highest BCUT2D eigenvalue weighted by molar-refractivity contribution is 5.95. The minimum absolute atomic E-state index is 0.0660. The molecule has 18 heavy (non-hydrogen) atoms. The molecule has 1 rings (SSSR count). The Bertz CT molecular complexity index is 432. The number of carbonyl (C=O) groups is 2. The lowest BCUT2D eigenvalue weighted by Crippen LogP contribution is -2.26. The Morgan fingerprint density at radius 2 is 1.89 bits per heavy atom.